The zero-order chi connectivity index (χ0) is 10.6. The highest BCUT2D eigenvalue weighted by Gasteiger charge is 2.00. The summed E-state index contributed by atoms with van der Waals surface area (Å²) in [5.74, 6) is 0. The Balaban J connectivity index is 2.55. The molecule has 78 valence electrons. The van der Waals surface area contributed by atoms with Crippen molar-refractivity contribution in [3.05, 3.63) is 28.2 Å². The summed E-state index contributed by atoms with van der Waals surface area (Å²) in [4.78, 5) is 0. The van der Waals surface area contributed by atoms with Gasteiger partial charge in [-0.2, -0.15) is 0 Å². The molecule has 4 heteroatoms. The summed E-state index contributed by atoms with van der Waals surface area (Å²) in [5.41, 5.74) is 7.77. The fourth-order valence-electron chi connectivity index (χ4n) is 1.02. The summed E-state index contributed by atoms with van der Waals surface area (Å²) < 4.78 is 1.07. The smallest absolute Gasteiger partial charge is 0.0599 e. The van der Waals surface area contributed by atoms with Gasteiger partial charge in [-0.1, -0.05) is 22.0 Å². The van der Waals surface area contributed by atoms with E-state index in [2.05, 4.69) is 21.2 Å². The van der Waals surface area contributed by atoms with Gasteiger partial charge >= 0.3 is 0 Å². The predicted molar refractivity (Wildman–Crippen MR) is 62.4 cm³/mol. The van der Waals surface area contributed by atoms with E-state index in [1.807, 2.05) is 25.1 Å². The van der Waals surface area contributed by atoms with Gasteiger partial charge in [-0.15, -0.1) is 0 Å². The second-order valence-electron chi connectivity index (χ2n) is 3.29. The average molecular weight is 259 g/mol. The molecule has 0 aliphatic carbocycles. The predicted octanol–water partition coefficient (Wildman–Crippen LogP) is 1.49. The lowest BCUT2D eigenvalue weighted by molar-refractivity contribution is 0.270. The minimum absolute atomic E-state index is 0.0000307. The largest absolute Gasteiger partial charge is 0.395 e. The Bertz CT molecular complexity index is 304. The molecule has 0 amide bonds. The van der Waals surface area contributed by atoms with E-state index in [1.54, 1.807) is 0 Å². The van der Waals surface area contributed by atoms with Gasteiger partial charge in [0.25, 0.3) is 0 Å². The first-order valence-corrected chi connectivity index (χ1v) is 5.29. The van der Waals surface area contributed by atoms with Crippen LogP contribution in [0.1, 0.15) is 5.56 Å². The molecule has 4 N–H and O–H groups in total. The van der Waals surface area contributed by atoms with Crippen LogP contribution in [0, 0.1) is 6.92 Å². The Morgan fingerprint density at radius 1 is 1.57 bits per heavy atom. The third-order valence-electron chi connectivity index (χ3n) is 1.97. The van der Waals surface area contributed by atoms with Gasteiger partial charge in [0, 0.05) is 22.7 Å². The number of benzene rings is 1. The van der Waals surface area contributed by atoms with Crippen molar-refractivity contribution in [1.29, 1.82) is 0 Å². The van der Waals surface area contributed by atoms with Crippen LogP contribution < -0.4 is 11.1 Å². The number of aliphatic hydroxyl groups is 1. The number of hydrogen-bond donors (Lipinski definition) is 3. The molecule has 0 spiro atoms. The quantitative estimate of drug-likeness (QED) is 0.767. The number of hydrogen-bond acceptors (Lipinski definition) is 3. The van der Waals surface area contributed by atoms with Crippen molar-refractivity contribution in [2.24, 2.45) is 5.73 Å². The Labute approximate surface area is 92.4 Å². The third kappa shape index (κ3) is 3.29. The van der Waals surface area contributed by atoms with E-state index < -0.39 is 0 Å². The molecule has 1 aromatic rings. The van der Waals surface area contributed by atoms with Gasteiger partial charge in [0.1, 0.15) is 0 Å². The molecule has 0 saturated carbocycles. The van der Waals surface area contributed by atoms with Crippen LogP contribution in [0.2, 0.25) is 0 Å². The fraction of sp³-hybridized carbons (Fsp3) is 0.400. The Kier molecular flexibility index (Phi) is 4.38. The highest BCUT2D eigenvalue weighted by atomic mass is 79.9. The molecule has 0 aliphatic rings. The van der Waals surface area contributed by atoms with Crippen molar-refractivity contribution in [1.82, 2.24) is 0 Å². The molecular formula is C10H15BrN2O. The summed E-state index contributed by atoms with van der Waals surface area (Å²) >= 11 is 3.45. The number of nitrogens with one attached hydrogen (secondary N) is 1. The van der Waals surface area contributed by atoms with Crippen LogP contribution >= 0.6 is 15.9 Å². The summed E-state index contributed by atoms with van der Waals surface area (Å²) in [7, 11) is 0. The first kappa shape index (κ1) is 11.5. The first-order valence-electron chi connectivity index (χ1n) is 4.50. The van der Waals surface area contributed by atoms with Gasteiger partial charge in [-0.25, -0.2) is 0 Å². The molecule has 0 saturated heterocycles. The van der Waals surface area contributed by atoms with Gasteiger partial charge < -0.3 is 16.2 Å². The Morgan fingerprint density at radius 2 is 2.29 bits per heavy atom. The molecule has 1 unspecified atom stereocenters. The average Bonchev–Trinajstić information content (AvgIpc) is 2.19. The molecule has 1 aromatic carbocycles. The fourth-order valence-corrected chi connectivity index (χ4v) is 1.40. The highest BCUT2D eigenvalue weighted by Crippen LogP contribution is 2.20. The molecule has 0 aromatic heterocycles. The second-order valence-corrected chi connectivity index (χ2v) is 4.14. The number of halogens is 1. The third-order valence-corrected chi connectivity index (χ3v) is 2.83. The number of aryl methyl sites for hydroxylation is 1. The van der Waals surface area contributed by atoms with E-state index in [-0.39, 0.29) is 12.6 Å². The lowest BCUT2D eigenvalue weighted by atomic mass is 10.2. The number of aliphatic hydroxyl groups excluding tert-OH is 1. The van der Waals surface area contributed by atoms with E-state index >= 15 is 0 Å². The van der Waals surface area contributed by atoms with Crippen LogP contribution in [0.5, 0.6) is 0 Å². The molecule has 0 radical (unpaired) electrons. The number of rotatable bonds is 4. The number of anilines is 1. The summed E-state index contributed by atoms with van der Waals surface area (Å²) in [5, 5.41) is 11.9. The topological polar surface area (TPSA) is 58.3 Å². The lowest BCUT2D eigenvalue weighted by Crippen LogP contribution is -2.32. The highest BCUT2D eigenvalue weighted by molar-refractivity contribution is 9.10. The van der Waals surface area contributed by atoms with Crippen LogP contribution in [0.15, 0.2) is 22.7 Å². The lowest BCUT2D eigenvalue weighted by Gasteiger charge is -2.11. The van der Waals surface area contributed by atoms with Crippen LogP contribution in [0.4, 0.5) is 5.69 Å². The maximum atomic E-state index is 8.74. The minimum atomic E-state index is -0.213. The molecule has 0 heterocycles. The van der Waals surface area contributed by atoms with Crippen molar-refractivity contribution in [2.45, 2.75) is 13.0 Å². The van der Waals surface area contributed by atoms with Crippen molar-refractivity contribution in [3.8, 4) is 0 Å². The molecule has 14 heavy (non-hydrogen) atoms. The van der Waals surface area contributed by atoms with Crippen molar-refractivity contribution in [2.75, 3.05) is 18.5 Å². The zero-order valence-electron chi connectivity index (χ0n) is 8.13. The SMILES string of the molecule is Cc1ccc(NCC(N)CO)cc1Br. The van der Waals surface area contributed by atoms with Crippen molar-refractivity contribution >= 4 is 21.6 Å². The molecule has 0 fully saturated rings. The van der Waals surface area contributed by atoms with E-state index in [1.165, 1.54) is 5.56 Å². The van der Waals surface area contributed by atoms with Crippen LogP contribution in [0.3, 0.4) is 0 Å². The Hall–Kier alpha value is -0.580. The molecule has 0 bridgehead atoms. The monoisotopic (exact) mass is 258 g/mol. The maximum absolute atomic E-state index is 8.74. The van der Waals surface area contributed by atoms with Gasteiger partial charge in [0.05, 0.1) is 6.61 Å². The molecule has 0 aliphatic heterocycles. The van der Waals surface area contributed by atoms with E-state index in [0.29, 0.717) is 6.54 Å². The van der Waals surface area contributed by atoms with Gasteiger partial charge in [-0.05, 0) is 24.6 Å². The summed E-state index contributed by atoms with van der Waals surface area (Å²) in [6.45, 7) is 2.61. The maximum Gasteiger partial charge on any atom is 0.0599 e. The van der Waals surface area contributed by atoms with E-state index in [4.69, 9.17) is 10.8 Å². The molecular weight excluding hydrogens is 244 g/mol. The second kappa shape index (κ2) is 5.34. The molecule has 1 rings (SSSR count). The molecule has 1 atom stereocenters. The van der Waals surface area contributed by atoms with Gasteiger partial charge in [-0.3, -0.25) is 0 Å². The van der Waals surface area contributed by atoms with E-state index in [9.17, 15) is 0 Å². The van der Waals surface area contributed by atoms with Crippen molar-refractivity contribution < 1.29 is 5.11 Å². The van der Waals surface area contributed by atoms with Crippen LogP contribution in [0.25, 0.3) is 0 Å². The molecule has 3 nitrogen and oxygen atoms in total. The standard InChI is InChI=1S/C10H15BrN2O/c1-7-2-3-9(4-10(7)11)13-5-8(12)6-14/h2-4,8,13-14H,5-6,12H2,1H3. The number of nitrogens with two attached hydrogens (primary N) is 1. The van der Waals surface area contributed by atoms with Crippen LogP contribution in [-0.2, 0) is 0 Å². The first-order chi connectivity index (χ1) is 6.63. The van der Waals surface area contributed by atoms with Gasteiger partial charge in [0.15, 0.2) is 0 Å². The minimum Gasteiger partial charge on any atom is -0.395 e. The summed E-state index contributed by atoms with van der Waals surface area (Å²) in [6.07, 6.45) is 0. The van der Waals surface area contributed by atoms with Gasteiger partial charge in [0.2, 0.25) is 0 Å². The summed E-state index contributed by atoms with van der Waals surface area (Å²) in [6, 6.07) is 5.80. The zero-order valence-corrected chi connectivity index (χ0v) is 9.71. The van der Waals surface area contributed by atoms with Crippen molar-refractivity contribution in [3.63, 3.8) is 0 Å². The van der Waals surface area contributed by atoms with Crippen LogP contribution in [-0.4, -0.2) is 24.3 Å². The normalized spacial score (nSPS) is 12.6. The van der Waals surface area contributed by atoms with E-state index in [0.717, 1.165) is 10.2 Å². The Morgan fingerprint density at radius 3 is 2.86 bits per heavy atom.